The van der Waals surface area contributed by atoms with Gasteiger partial charge < -0.3 is 19.7 Å². The molecule has 1 N–H and O–H groups in total. The second kappa shape index (κ2) is 10.4. The predicted octanol–water partition coefficient (Wildman–Crippen LogP) is 5.58. The number of ether oxygens (including phenoxy) is 2. The van der Waals surface area contributed by atoms with Gasteiger partial charge >= 0.3 is 5.37 Å². The number of carbonyl (C=O) groups is 1. The van der Waals surface area contributed by atoms with E-state index in [0.717, 1.165) is 44.7 Å². The third-order valence-electron chi connectivity index (χ3n) is 5.75. The molecule has 1 aromatic heterocycles. The van der Waals surface area contributed by atoms with Crippen LogP contribution in [0.2, 0.25) is 0 Å². The Labute approximate surface area is 197 Å². The molecule has 0 saturated carbocycles. The lowest BCUT2D eigenvalue weighted by atomic mass is 10.1. The van der Waals surface area contributed by atoms with E-state index in [-0.39, 0.29) is 0 Å². The monoisotopic (exact) mass is 473 g/mol. The van der Waals surface area contributed by atoms with E-state index < -0.39 is 5.37 Å². The van der Waals surface area contributed by atoms with Crippen molar-refractivity contribution in [1.29, 1.82) is 0 Å². The highest BCUT2D eigenvalue weighted by atomic mass is 35.5. The van der Waals surface area contributed by atoms with Gasteiger partial charge in [0.15, 0.2) is 11.5 Å². The van der Waals surface area contributed by atoms with E-state index in [1.165, 1.54) is 15.8 Å². The number of aryl methyl sites for hydroxylation is 1. The molecule has 0 unspecified atom stereocenters. The minimum atomic E-state index is -0.632. The van der Waals surface area contributed by atoms with Crippen LogP contribution < -0.4 is 19.7 Å². The largest absolute Gasteiger partial charge is 0.493 e. The van der Waals surface area contributed by atoms with E-state index in [2.05, 4.69) is 44.8 Å². The number of hydrogen-bond donors (Lipinski definition) is 1. The van der Waals surface area contributed by atoms with E-state index in [4.69, 9.17) is 21.1 Å². The van der Waals surface area contributed by atoms with Crippen molar-refractivity contribution in [2.45, 2.75) is 13.3 Å². The normalized spacial score (nSPS) is 14.5. The number of thiophene rings is 1. The number of hydrogen-bond acceptors (Lipinski definition) is 6. The number of anilines is 2. The van der Waals surface area contributed by atoms with Gasteiger partial charge in [-0.3, -0.25) is 9.69 Å². The maximum absolute atomic E-state index is 11.1. The zero-order chi connectivity index (χ0) is 22.5. The van der Waals surface area contributed by atoms with E-state index in [9.17, 15) is 4.79 Å². The SMILES string of the molecule is COc1cc(NC(=O)Cl)cc(C)c1OCCCN1CCN(c2cccc3sccc23)CC1. The summed E-state index contributed by atoms with van der Waals surface area (Å²) in [6.07, 6.45) is 0.933. The molecule has 1 fully saturated rings. The van der Waals surface area contributed by atoms with Crippen LogP contribution in [0.1, 0.15) is 12.0 Å². The maximum atomic E-state index is 11.1. The molecule has 1 aliphatic heterocycles. The second-order valence-electron chi connectivity index (χ2n) is 7.86. The van der Waals surface area contributed by atoms with Crippen LogP contribution in [0.5, 0.6) is 11.5 Å². The summed E-state index contributed by atoms with van der Waals surface area (Å²) in [5.41, 5.74) is 2.83. The highest BCUT2D eigenvalue weighted by molar-refractivity contribution is 7.17. The first-order valence-corrected chi connectivity index (χ1v) is 12.0. The third kappa shape index (κ3) is 5.28. The number of carbonyl (C=O) groups excluding carboxylic acids is 1. The summed E-state index contributed by atoms with van der Waals surface area (Å²) in [5.74, 6) is 1.29. The van der Waals surface area contributed by atoms with Gasteiger partial charge in [0.2, 0.25) is 0 Å². The zero-order valence-electron chi connectivity index (χ0n) is 18.4. The van der Waals surface area contributed by atoms with E-state index in [0.29, 0.717) is 23.8 Å². The maximum Gasteiger partial charge on any atom is 0.318 e. The van der Waals surface area contributed by atoms with Crippen molar-refractivity contribution in [3.05, 3.63) is 47.3 Å². The van der Waals surface area contributed by atoms with Gasteiger partial charge in [0.1, 0.15) is 0 Å². The molecular weight excluding hydrogens is 446 g/mol. The molecule has 4 rings (SSSR count). The lowest BCUT2D eigenvalue weighted by molar-refractivity contribution is 0.221. The molecule has 1 aliphatic rings. The molecule has 0 aliphatic carbocycles. The number of piperazine rings is 1. The smallest absolute Gasteiger partial charge is 0.318 e. The number of fused-ring (bicyclic) bond motifs is 1. The average Bonchev–Trinajstić information content (AvgIpc) is 3.26. The van der Waals surface area contributed by atoms with Crippen molar-refractivity contribution in [2.24, 2.45) is 0 Å². The predicted molar refractivity (Wildman–Crippen MR) is 133 cm³/mol. The molecular formula is C24H28ClN3O3S. The molecule has 32 heavy (non-hydrogen) atoms. The topological polar surface area (TPSA) is 54.0 Å². The number of nitrogens with zero attached hydrogens (tertiary/aromatic N) is 2. The Balaban J connectivity index is 1.26. The number of benzene rings is 2. The molecule has 1 amide bonds. The van der Waals surface area contributed by atoms with Crippen molar-refractivity contribution >= 4 is 49.8 Å². The van der Waals surface area contributed by atoms with Gasteiger partial charge in [-0.25, -0.2) is 0 Å². The van der Waals surface area contributed by atoms with Gasteiger partial charge in [-0.15, -0.1) is 11.3 Å². The number of rotatable bonds is 8. The summed E-state index contributed by atoms with van der Waals surface area (Å²) >= 11 is 7.21. The first kappa shape index (κ1) is 22.7. The van der Waals surface area contributed by atoms with Gasteiger partial charge in [0.25, 0.3) is 0 Å². The van der Waals surface area contributed by atoms with Gasteiger partial charge in [0, 0.05) is 60.3 Å². The van der Waals surface area contributed by atoms with E-state index >= 15 is 0 Å². The van der Waals surface area contributed by atoms with Gasteiger partial charge in [-0.05, 0) is 60.2 Å². The molecule has 1 saturated heterocycles. The highest BCUT2D eigenvalue weighted by Gasteiger charge is 2.19. The Hall–Kier alpha value is -2.48. The van der Waals surface area contributed by atoms with Crippen LogP contribution in [-0.4, -0.2) is 56.7 Å². The van der Waals surface area contributed by atoms with Crippen LogP contribution in [0.25, 0.3) is 10.1 Å². The van der Waals surface area contributed by atoms with Crippen molar-refractivity contribution in [2.75, 3.05) is 56.7 Å². The average molecular weight is 474 g/mol. The van der Waals surface area contributed by atoms with Crippen LogP contribution >= 0.6 is 22.9 Å². The molecule has 0 radical (unpaired) electrons. The van der Waals surface area contributed by atoms with Gasteiger partial charge in [-0.2, -0.15) is 0 Å². The standard InChI is InChI=1S/C24H28ClN3O3S/c1-17-15-18(26-24(25)29)16-21(30-2)23(17)31-13-4-8-27-9-11-28(12-10-27)20-5-3-6-22-19(20)7-14-32-22/h3,5-7,14-16H,4,8-13H2,1-2H3,(H,26,29). The minimum absolute atomic E-state index is 0.585. The first-order chi connectivity index (χ1) is 15.5. The number of methoxy groups -OCH3 is 1. The van der Waals surface area contributed by atoms with Gasteiger partial charge in [0.05, 0.1) is 13.7 Å². The molecule has 2 heterocycles. The quantitative estimate of drug-likeness (QED) is 0.263. The Morgan fingerprint density at radius 1 is 1.19 bits per heavy atom. The molecule has 3 aromatic rings. The summed E-state index contributed by atoms with van der Waals surface area (Å²) in [6, 6.07) is 12.4. The van der Waals surface area contributed by atoms with Crippen molar-refractivity contribution < 1.29 is 14.3 Å². The number of nitrogens with one attached hydrogen (secondary N) is 1. The molecule has 0 spiro atoms. The Bertz CT molecular complexity index is 1080. The molecule has 2 aromatic carbocycles. The summed E-state index contributed by atoms with van der Waals surface area (Å²) in [5, 5.41) is 5.46. The van der Waals surface area contributed by atoms with Crippen molar-refractivity contribution in [1.82, 2.24) is 4.90 Å². The summed E-state index contributed by atoms with van der Waals surface area (Å²) in [6.45, 7) is 7.71. The summed E-state index contributed by atoms with van der Waals surface area (Å²) < 4.78 is 12.8. The van der Waals surface area contributed by atoms with Crippen LogP contribution in [0, 0.1) is 6.92 Å². The molecule has 6 nitrogen and oxygen atoms in total. The highest BCUT2D eigenvalue weighted by Crippen LogP contribution is 2.35. The van der Waals surface area contributed by atoms with Crippen molar-refractivity contribution in [3.63, 3.8) is 0 Å². The fourth-order valence-electron chi connectivity index (χ4n) is 4.19. The minimum Gasteiger partial charge on any atom is -0.493 e. The zero-order valence-corrected chi connectivity index (χ0v) is 20.0. The fraction of sp³-hybridized carbons (Fsp3) is 0.375. The first-order valence-electron chi connectivity index (χ1n) is 10.8. The summed E-state index contributed by atoms with van der Waals surface area (Å²) in [7, 11) is 1.59. The van der Waals surface area contributed by atoms with Crippen LogP contribution in [0.15, 0.2) is 41.8 Å². The van der Waals surface area contributed by atoms with Crippen molar-refractivity contribution in [3.8, 4) is 11.5 Å². The van der Waals surface area contributed by atoms with Gasteiger partial charge in [-0.1, -0.05) is 6.07 Å². The van der Waals surface area contributed by atoms with E-state index in [1.54, 1.807) is 24.5 Å². The fourth-order valence-corrected chi connectivity index (χ4v) is 5.11. The van der Waals surface area contributed by atoms with Crippen LogP contribution in [0.4, 0.5) is 16.2 Å². The summed E-state index contributed by atoms with van der Waals surface area (Å²) in [4.78, 5) is 16.1. The van der Waals surface area contributed by atoms with Crippen LogP contribution in [0.3, 0.4) is 0 Å². The number of halogens is 1. The molecule has 0 atom stereocenters. The molecule has 8 heteroatoms. The third-order valence-corrected chi connectivity index (χ3v) is 6.73. The molecule has 0 bridgehead atoms. The van der Waals surface area contributed by atoms with E-state index in [1.807, 2.05) is 13.0 Å². The lowest BCUT2D eigenvalue weighted by Crippen LogP contribution is -2.46. The Morgan fingerprint density at radius 2 is 2.00 bits per heavy atom. The second-order valence-corrected chi connectivity index (χ2v) is 9.15. The lowest BCUT2D eigenvalue weighted by Gasteiger charge is -2.36. The number of amides is 1. The van der Waals surface area contributed by atoms with Crippen LogP contribution in [-0.2, 0) is 0 Å². The Kier molecular flexibility index (Phi) is 7.40. The Morgan fingerprint density at radius 3 is 2.75 bits per heavy atom. The molecule has 170 valence electrons.